The maximum Gasteiger partial charge on any atom is 0.188 e. The molecule has 0 aromatic carbocycles. The van der Waals surface area contributed by atoms with Gasteiger partial charge in [-0.25, -0.2) is 0 Å². The monoisotopic (exact) mass is 263 g/mol. The zero-order chi connectivity index (χ0) is 14.2. The highest BCUT2D eigenvalue weighted by atomic mass is 16.6. The number of hydrogen-bond acceptors (Lipinski definition) is 5. The Kier molecular flexibility index (Phi) is 8.73. The molecule has 0 bridgehead atoms. The molecular formula is C13H29NO4. The van der Waals surface area contributed by atoms with E-state index >= 15 is 0 Å². The molecule has 4 atom stereocenters. The second-order valence-corrected chi connectivity index (χ2v) is 4.60. The maximum atomic E-state index is 9.83. The Hall–Kier alpha value is -0.200. The number of hydrogen-bond donors (Lipinski definition) is 3. The summed E-state index contributed by atoms with van der Waals surface area (Å²) in [5, 5.41) is 22.1. The lowest BCUT2D eigenvalue weighted by molar-refractivity contribution is -0.249. The van der Waals surface area contributed by atoms with Crippen molar-refractivity contribution >= 4 is 0 Å². The molecule has 0 spiro atoms. The number of piperidine rings is 1. The molecule has 0 aromatic rings. The second kappa shape index (κ2) is 8.82. The largest absolute Gasteiger partial charge is 0.396 e. The van der Waals surface area contributed by atoms with E-state index in [9.17, 15) is 5.11 Å². The van der Waals surface area contributed by atoms with Crippen LogP contribution in [0.15, 0.2) is 0 Å². The fourth-order valence-corrected chi connectivity index (χ4v) is 1.81. The first-order valence-electron chi connectivity index (χ1n) is 6.74. The summed E-state index contributed by atoms with van der Waals surface area (Å²) >= 11 is 0. The predicted octanol–water partition coefficient (Wildman–Crippen LogP) is 0.743. The van der Waals surface area contributed by atoms with Crippen LogP contribution < -0.4 is 5.32 Å². The predicted molar refractivity (Wildman–Crippen MR) is 71.4 cm³/mol. The third kappa shape index (κ3) is 5.63. The summed E-state index contributed by atoms with van der Waals surface area (Å²) < 4.78 is 10.7. The third-order valence-corrected chi connectivity index (χ3v) is 3.22. The zero-order valence-electron chi connectivity index (χ0n) is 12.3. The molecule has 1 heterocycles. The second-order valence-electron chi connectivity index (χ2n) is 4.60. The van der Waals surface area contributed by atoms with Gasteiger partial charge in [0.15, 0.2) is 5.79 Å². The Morgan fingerprint density at radius 1 is 1.39 bits per heavy atom. The Labute approximate surface area is 110 Å². The molecule has 5 heteroatoms. The molecular weight excluding hydrogens is 234 g/mol. The van der Waals surface area contributed by atoms with Gasteiger partial charge < -0.3 is 25.0 Å². The third-order valence-electron chi connectivity index (χ3n) is 3.22. The van der Waals surface area contributed by atoms with Crippen LogP contribution in [0.25, 0.3) is 0 Å². The Morgan fingerprint density at radius 3 is 2.50 bits per heavy atom. The van der Waals surface area contributed by atoms with Crippen LogP contribution in [0.2, 0.25) is 0 Å². The van der Waals surface area contributed by atoms with E-state index in [0.717, 1.165) is 19.5 Å². The van der Waals surface area contributed by atoms with E-state index in [4.69, 9.17) is 14.6 Å². The summed E-state index contributed by atoms with van der Waals surface area (Å²) in [4.78, 5) is 0. The first-order valence-corrected chi connectivity index (χ1v) is 6.74. The highest BCUT2D eigenvalue weighted by molar-refractivity contribution is 4.79. The van der Waals surface area contributed by atoms with Gasteiger partial charge in [-0.2, -0.15) is 0 Å². The summed E-state index contributed by atoms with van der Waals surface area (Å²) in [5.41, 5.74) is 0. The van der Waals surface area contributed by atoms with E-state index in [-0.39, 0.29) is 18.6 Å². The van der Waals surface area contributed by atoms with Crippen LogP contribution in [0.5, 0.6) is 0 Å². The Bertz CT molecular complexity index is 211. The molecule has 0 radical (unpaired) electrons. The van der Waals surface area contributed by atoms with Gasteiger partial charge in [-0.05, 0) is 26.2 Å². The first-order chi connectivity index (χ1) is 8.49. The van der Waals surface area contributed by atoms with Crippen molar-refractivity contribution in [2.24, 2.45) is 5.92 Å². The van der Waals surface area contributed by atoms with Crippen LogP contribution in [0.1, 0.15) is 34.1 Å². The fraction of sp³-hybridized carbons (Fsp3) is 1.00. The fourth-order valence-electron chi connectivity index (χ4n) is 1.81. The molecule has 0 aromatic heterocycles. The molecule has 3 N–H and O–H groups in total. The molecule has 1 saturated heterocycles. The molecule has 0 amide bonds. The summed E-state index contributed by atoms with van der Waals surface area (Å²) in [7, 11) is 1.45. The van der Waals surface area contributed by atoms with Crippen LogP contribution >= 0.6 is 0 Å². The minimum absolute atomic E-state index is 0.0162. The average molecular weight is 263 g/mol. The molecule has 1 aliphatic heterocycles. The molecule has 110 valence electrons. The average Bonchev–Trinajstić information content (AvgIpc) is 2.41. The van der Waals surface area contributed by atoms with Crippen molar-refractivity contribution in [3.05, 3.63) is 0 Å². The number of aliphatic hydroxyl groups excluding tert-OH is 1. The van der Waals surface area contributed by atoms with Crippen molar-refractivity contribution < 1.29 is 19.7 Å². The van der Waals surface area contributed by atoms with Gasteiger partial charge in [-0.15, -0.1) is 0 Å². The van der Waals surface area contributed by atoms with Gasteiger partial charge in [0.05, 0.1) is 6.10 Å². The highest BCUT2D eigenvalue weighted by Crippen LogP contribution is 2.20. The van der Waals surface area contributed by atoms with Gasteiger partial charge in [0, 0.05) is 26.8 Å². The van der Waals surface area contributed by atoms with Gasteiger partial charge >= 0.3 is 0 Å². The zero-order valence-corrected chi connectivity index (χ0v) is 12.3. The minimum Gasteiger partial charge on any atom is -0.396 e. The van der Waals surface area contributed by atoms with E-state index in [1.54, 1.807) is 13.8 Å². The molecule has 1 aliphatic rings. The molecule has 1 fully saturated rings. The number of ether oxygens (including phenoxy) is 2. The van der Waals surface area contributed by atoms with Crippen molar-refractivity contribution in [1.82, 2.24) is 5.32 Å². The highest BCUT2D eigenvalue weighted by Gasteiger charge is 2.32. The first kappa shape index (κ1) is 17.8. The normalized spacial score (nSPS) is 28.8. The van der Waals surface area contributed by atoms with Crippen molar-refractivity contribution in [1.29, 1.82) is 0 Å². The van der Waals surface area contributed by atoms with Crippen molar-refractivity contribution in [3.63, 3.8) is 0 Å². The SMILES string of the molecule is CC.CO[C@@](C)(O)C(C)OC1CNCC(CO)C1. The maximum absolute atomic E-state index is 9.83. The molecule has 5 nitrogen and oxygen atoms in total. The number of nitrogens with one attached hydrogen (secondary N) is 1. The molecule has 0 aliphatic carbocycles. The summed E-state index contributed by atoms with van der Waals surface area (Å²) in [5.74, 6) is -1.04. The number of methoxy groups -OCH3 is 1. The molecule has 18 heavy (non-hydrogen) atoms. The number of rotatable bonds is 5. The van der Waals surface area contributed by atoms with Crippen LogP contribution in [0.4, 0.5) is 0 Å². The van der Waals surface area contributed by atoms with Gasteiger partial charge in [-0.3, -0.25) is 0 Å². The summed E-state index contributed by atoms with van der Waals surface area (Å²) in [6, 6.07) is 0. The van der Waals surface area contributed by atoms with Gasteiger partial charge in [0.25, 0.3) is 0 Å². The van der Waals surface area contributed by atoms with Crippen LogP contribution in [0, 0.1) is 5.92 Å². The quantitative estimate of drug-likeness (QED) is 0.638. The molecule has 1 rings (SSSR count). The van der Waals surface area contributed by atoms with E-state index < -0.39 is 11.9 Å². The van der Waals surface area contributed by atoms with Crippen molar-refractivity contribution in [2.45, 2.75) is 52.1 Å². The Morgan fingerprint density at radius 2 is 2.00 bits per heavy atom. The molecule has 0 saturated carbocycles. The standard InChI is InChI=1S/C11H23NO4.C2H6/c1-8(11(2,14)15-3)16-10-4-9(7-13)5-12-6-10;1-2/h8-10,12-14H,4-7H2,1-3H3;1-2H3/t8?,9?,10?,11-;/m1./s1. The van der Waals surface area contributed by atoms with Crippen molar-refractivity contribution in [2.75, 3.05) is 26.8 Å². The van der Waals surface area contributed by atoms with Gasteiger partial charge in [0.1, 0.15) is 6.10 Å². The lowest BCUT2D eigenvalue weighted by atomic mass is 9.98. The number of aliphatic hydroxyl groups is 2. The van der Waals surface area contributed by atoms with E-state index in [1.807, 2.05) is 13.8 Å². The van der Waals surface area contributed by atoms with E-state index in [0.29, 0.717) is 0 Å². The van der Waals surface area contributed by atoms with Gasteiger partial charge in [0.2, 0.25) is 0 Å². The van der Waals surface area contributed by atoms with Crippen LogP contribution in [-0.2, 0) is 9.47 Å². The van der Waals surface area contributed by atoms with Gasteiger partial charge in [-0.1, -0.05) is 13.8 Å². The summed E-state index contributed by atoms with van der Waals surface area (Å²) in [6.07, 6.45) is 0.428. The Balaban J connectivity index is 0.00000137. The molecule has 3 unspecified atom stereocenters. The van der Waals surface area contributed by atoms with E-state index in [1.165, 1.54) is 7.11 Å². The van der Waals surface area contributed by atoms with Crippen molar-refractivity contribution in [3.8, 4) is 0 Å². The lowest BCUT2D eigenvalue weighted by Gasteiger charge is -2.35. The summed E-state index contributed by atoms with van der Waals surface area (Å²) in [6.45, 7) is 9.11. The lowest BCUT2D eigenvalue weighted by Crippen LogP contribution is -2.48. The van der Waals surface area contributed by atoms with Crippen LogP contribution in [0.3, 0.4) is 0 Å². The minimum atomic E-state index is -1.27. The van der Waals surface area contributed by atoms with E-state index in [2.05, 4.69) is 5.32 Å². The topological polar surface area (TPSA) is 71.0 Å². The smallest absolute Gasteiger partial charge is 0.188 e. The van der Waals surface area contributed by atoms with Crippen LogP contribution in [-0.4, -0.2) is 55.0 Å².